The first-order valence-corrected chi connectivity index (χ1v) is 4.96. The Bertz CT molecular complexity index is 327. The summed E-state index contributed by atoms with van der Waals surface area (Å²) in [5, 5.41) is 3.32. The summed E-state index contributed by atoms with van der Waals surface area (Å²) in [5.41, 5.74) is 1.47. The molecule has 0 aliphatic rings. The van der Waals surface area contributed by atoms with Crippen molar-refractivity contribution >= 4 is 17.5 Å². The Balaban J connectivity index is 3.00. The highest BCUT2D eigenvalue weighted by Crippen LogP contribution is 2.19. The molecular weight excluding hydrogens is 198 g/mol. The maximum Gasteiger partial charge on any atom is 0.253 e. The van der Waals surface area contributed by atoms with E-state index in [4.69, 9.17) is 11.6 Å². The number of carbonyl (C=O) groups excluding carboxylic acids is 1. The van der Waals surface area contributed by atoms with Gasteiger partial charge in [0.15, 0.2) is 0 Å². The average molecular weight is 212 g/mol. The van der Waals surface area contributed by atoms with Gasteiger partial charge in [-0.1, -0.05) is 23.7 Å². The molecule has 1 amide bonds. The van der Waals surface area contributed by atoms with Crippen LogP contribution < -0.4 is 5.32 Å². The fourth-order valence-electron chi connectivity index (χ4n) is 1.25. The number of nitrogens with one attached hydrogen (secondary N) is 1. The standard InChI is InChI=1S/C11H14ClNO/c1-7(2)13-11(14)10-8(3)5-4-6-9(10)12/h4-7H,1-3H3,(H,13,14). The van der Waals surface area contributed by atoms with Gasteiger partial charge in [0.25, 0.3) is 5.91 Å². The third-order valence-electron chi connectivity index (χ3n) is 1.87. The Labute approximate surface area is 89.3 Å². The molecule has 0 radical (unpaired) electrons. The second-order valence-corrected chi connectivity index (χ2v) is 3.97. The number of rotatable bonds is 2. The quantitative estimate of drug-likeness (QED) is 0.801. The fourth-order valence-corrected chi connectivity index (χ4v) is 1.56. The lowest BCUT2D eigenvalue weighted by molar-refractivity contribution is 0.0942. The van der Waals surface area contributed by atoms with Crippen LogP contribution in [0, 0.1) is 6.92 Å². The summed E-state index contributed by atoms with van der Waals surface area (Å²) in [7, 11) is 0. The van der Waals surface area contributed by atoms with Crippen molar-refractivity contribution in [2.24, 2.45) is 0 Å². The van der Waals surface area contributed by atoms with E-state index in [1.54, 1.807) is 6.07 Å². The third-order valence-corrected chi connectivity index (χ3v) is 2.18. The van der Waals surface area contributed by atoms with Gasteiger partial charge in [-0.05, 0) is 32.4 Å². The minimum Gasteiger partial charge on any atom is -0.350 e. The summed E-state index contributed by atoms with van der Waals surface area (Å²) < 4.78 is 0. The van der Waals surface area contributed by atoms with Gasteiger partial charge in [-0.15, -0.1) is 0 Å². The molecule has 0 heterocycles. The van der Waals surface area contributed by atoms with E-state index in [9.17, 15) is 4.79 Å². The van der Waals surface area contributed by atoms with Gasteiger partial charge < -0.3 is 5.32 Å². The Morgan fingerprint density at radius 3 is 2.57 bits per heavy atom. The SMILES string of the molecule is Cc1cccc(Cl)c1C(=O)NC(C)C. The Morgan fingerprint density at radius 1 is 1.43 bits per heavy atom. The van der Waals surface area contributed by atoms with E-state index in [2.05, 4.69) is 5.32 Å². The van der Waals surface area contributed by atoms with E-state index in [-0.39, 0.29) is 11.9 Å². The zero-order chi connectivity index (χ0) is 10.7. The number of amides is 1. The monoisotopic (exact) mass is 211 g/mol. The van der Waals surface area contributed by atoms with E-state index in [1.807, 2.05) is 32.9 Å². The van der Waals surface area contributed by atoms with Crippen LogP contribution in [-0.2, 0) is 0 Å². The Kier molecular flexibility index (Phi) is 3.53. The van der Waals surface area contributed by atoms with Crippen LogP contribution in [0.2, 0.25) is 5.02 Å². The van der Waals surface area contributed by atoms with Crippen LogP contribution >= 0.6 is 11.6 Å². The van der Waals surface area contributed by atoms with Crippen molar-refractivity contribution in [2.45, 2.75) is 26.8 Å². The Morgan fingerprint density at radius 2 is 2.07 bits per heavy atom. The van der Waals surface area contributed by atoms with Crippen molar-refractivity contribution in [3.05, 3.63) is 34.3 Å². The molecule has 1 aromatic carbocycles. The number of hydrogen-bond acceptors (Lipinski definition) is 1. The van der Waals surface area contributed by atoms with Crippen LogP contribution in [0.4, 0.5) is 0 Å². The van der Waals surface area contributed by atoms with Crippen LogP contribution in [0.25, 0.3) is 0 Å². The first-order valence-electron chi connectivity index (χ1n) is 4.58. The zero-order valence-electron chi connectivity index (χ0n) is 8.60. The zero-order valence-corrected chi connectivity index (χ0v) is 9.35. The predicted molar refractivity (Wildman–Crippen MR) is 58.8 cm³/mol. The summed E-state index contributed by atoms with van der Waals surface area (Å²) in [6.45, 7) is 5.72. The van der Waals surface area contributed by atoms with E-state index in [0.717, 1.165) is 5.56 Å². The maximum atomic E-state index is 11.7. The molecule has 0 spiro atoms. The number of halogens is 1. The lowest BCUT2D eigenvalue weighted by Gasteiger charge is -2.11. The van der Waals surface area contributed by atoms with Gasteiger partial charge in [0.05, 0.1) is 10.6 Å². The highest BCUT2D eigenvalue weighted by molar-refractivity contribution is 6.34. The lowest BCUT2D eigenvalue weighted by Crippen LogP contribution is -2.30. The minimum atomic E-state index is -0.108. The molecule has 0 atom stereocenters. The molecule has 0 fully saturated rings. The van der Waals surface area contributed by atoms with E-state index in [0.29, 0.717) is 10.6 Å². The molecule has 3 heteroatoms. The molecule has 0 aliphatic heterocycles. The van der Waals surface area contributed by atoms with Gasteiger partial charge in [-0.2, -0.15) is 0 Å². The first-order chi connectivity index (χ1) is 6.52. The highest BCUT2D eigenvalue weighted by atomic mass is 35.5. The van der Waals surface area contributed by atoms with Crippen molar-refractivity contribution in [1.29, 1.82) is 0 Å². The van der Waals surface area contributed by atoms with Gasteiger partial charge in [0, 0.05) is 6.04 Å². The van der Waals surface area contributed by atoms with Gasteiger partial charge >= 0.3 is 0 Å². The molecule has 1 rings (SSSR count). The molecule has 1 N–H and O–H groups in total. The van der Waals surface area contributed by atoms with Crippen LogP contribution in [0.1, 0.15) is 29.8 Å². The summed E-state index contributed by atoms with van der Waals surface area (Å²) >= 11 is 5.95. The van der Waals surface area contributed by atoms with Crippen molar-refractivity contribution < 1.29 is 4.79 Å². The molecule has 0 unspecified atom stereocenters. The molecule has 0 bridgehead atoms. The summed E-state index contributed by atoms with van der Waals surface area (Å²) in [4.78, 5) is 11.7. The van der Waals surface area contributed by atoms with Gasteiger partial charge in [-0.3, -0.25) is 4.79 Å². The van der Waals surface area contributed by atoms with E-state index in [1.165, 1.54) is 0 Å². The normalized spacial score (nSPS) is 10.4. The van der Waals surface area contributed by atoms with Crippen LogP contribution in [0.3, 0.4) is 0 Å². The molecule has 0 aliphatic carbocycles. The summed E-state index contributed by atoms with van der Waals surface area (Å²) in [6, 6.07) is 5.56. The highest BCUT2D eigenvalue weighted by Gasteiger charge is 2.13. The second kappa shape index (κ2) is 4.47. The minimum absolute atomic E-state index is 0.108. The molecular formula is C11H14ClNO. The molecule has 0 aromatic heterocycles. The number of carbonyl (C=O) groups is 1. The van der Waals surface area contributed by atoms with Crippen LogP contribution in [0.5, 0.6) is 0 Å². The van der Waals surface area contributed by atoms with Gasteiger partial charge in [-0.25, -0.2) is 0 Å². The lowest BCUT2D eigenvalue weighted by atomic mass is 10.1. The van der Waals surface area contributed by atoms with Crippen molar-refractivity contribution in [1.82, 2.24) is 5.32 Å². The molecule has 2 nitrogen and oxygen atoms in total. The molecule has 14 heavy (non-hydrogen) atoms. The smallest absolute Gasteiger partial charge is 0.253 e. The topological polar surface area (TPSA) is 29.1 Å². The predicted octanol–water partition coefficient (Wildman–Crippen LogP) is 2.79. The number of benzene rings is 1. The maximum absolute atomic E-state index is 11.7. The molecule has 76 valence electrons. The average Bonchev–Trinajstić information content (AvgIpc) is 2.01. The van der Waals surface area contributed by atoms with Crippen molar-refractivity contribution in [3.63, 3.8) is 0 Å². The third kappa shape index (κ3) is 2.48. The number of aryl methyl sites for hydroxylation is 1. The second-order valence-electron chi connectivity index (χ2n) is 3.56. The van der Waals surface area contributed by atoms with Crippen molar-refractivity contribution in [3.8, 4) is 0 Å². The Hall–Kier alpha value is -1.02. The van der Waals surface area contributed by atoms with Crippen LogP contribution in [0.15, 0.2) is 18.2 Å². The molecule has 0 saturated carbocycles. The largest absolute Gasteiger partial charge is 0.350 e. The van der Waals surface area contributed by atoms with Crippen molar-refractivity contribution in [2.75, 3.05) is 0 Å². The summed E-state index contributed by atoms with van der Waals surface area (Å²) in [5.74, 6) is -0.108. The van der Waals surface area contributed by atoms with E-state index < -0.39 is 0 Å². The van der Waals surface area contributed by atoms with Gasteiger partial charge in [0.2, 0.25) is 0 Å². The summed E-state index contributed by atoms with van der Waals surface area (Å²) in [6.07, 6.45) is 0. The van der Waals surface area contributed by atoms with E-state index >= 15 is 0 Å². The fraction of sp³-hybridized carbons (Fsp3) is 0.364. The first kappa shape index (κ1) is 11.1. The molecule has 0 saturated heterocycles. The van der Waals surface area contributed by atoms with Crippen LogP contribution in [-0.4, -0.2) is 11.9 Å². The molecule has 1 aromatic rings. The van der Waals surface area contributed by atoms with Gasteiger partial charge in [0.1, 0.15) is 0 Å². The number of hydrogen-bond donors (Lipinski definition) is 1.